The molecule has 2 rings (SSSR count). The lowest BCUT2D eigenvalue weighted by Gasteiger charge is -2.22. The minimum absolute atomic E-state index is 0.0409. The molecule has 0 aliphatic rings. The van der Waals surface area contributed by atoms with Crippen LogP contribution in [0.1, 0.15) is 44.9 Å². The van der Waals surface area contributed by atoms with Gasteiger partial charge in [0.2, 0.25) is 0 Å². The van der Waals surface area contributed by atoms with Crippen LogP contribution in [0.15, 0.2) is 54.6 Å². The Bertz CT molecular complexity index is 633. The van der Waals surface area contributed by atoms with Crippen molar-refractivity contribution >= 4 is 11.0 Å². The molecule has 0 fully saturated rings. The number of hydrogen-bond donors (Lipinski definition) is 1. The molecular formula is C19H25NO2S. The standard InChI is InChI=1S/C19H25NO2S/c1-15(20-23(21)19(2,3)4)17-12-10-16(11-13-17)14-22-18-8-6-5-7-9-18/h5-13,15,20H,14H2,1-4H3/t15-,23-/m0/s1. The lowest BCUT2D eigenvalue weighted by molar-refractivity contribution is 0.306. The van der Waals surface area contributed by atoms with Crippen LogP contribution in [0.3, 0.4) is 0 Å². The third-order valence-electron chi connectivity index (χ3n) is 3.47. The molecule has 0 spiro atoms. The average molecular weight is 331 g/mol. The van der Waals surface area contributed by atoms with E-state index in [1.54, 1.807) is 0 Å². The van der Waals surface area contributed by atoms with Crippen LogP contribution >= 0.6 is 0 Å². The molecule has 0 radical (unpaired) electrons. The SMILES string of the molecule is C[C@H](N[S@@](=O)C(C)(C)C)c1ccc(COc2ccccc2)cc1. The van der Waals surface area contributed by atoms with Gasteiger partial charge < -0.3 is 4.74 Å². The fraction of sp³-hybridized carbons (Fsp3) is 0.368. The maximum atomic E-state index is 12.2. The van der Waals surface area contributed by atoms with Gasteiger partial charge in [-0.25, -0.2) is 8.93 Å². The van der Waals surface area contributed by atoms with Crippen molar-refractivity contribution in [3.8, 4) is 5.75 Å². The minimum Gasteiger partial charge on any atom is -0.489 e. The fourth-order valence-corrected chi connectivity index (χ4v) is 2.80. The summed E-state index contributed by atoms with van der Waals surface area (Å²) in [6, 6.07) is 18.0. The van der Waals surface area contributed by atoms with E-state index in [0.717, 1.165) is 16.9 Å². The number of para-hydroxylation sites is 1. The molecule has 2 aromatic carbocycles. The molecule has 2 atom stereocenters. The molecule has 124 valence electrons. The first-order valence-electron chi connectivity index (χ1n) is 7.81. The number of ether oxygens (including phenoxy) is 1. The summed E-state index contributed by atoms with van der Waals surface area (Å²) >= 11 is 0. The van der Waals surface area contributed by atoms with E-state index in [-0.39, 0.29) is 10.8 Å². The van der Waals surface area contributed by atoms with Crippen molar-refractivity contribution in [2.24, 2.45) is 0 Å². The third kappa shape index (κ3) is 5.48. The lowest BCUT2D eigenvalue weighted by Crippen LogP contribution is -2.34. The van der Waals surface area contributed by atoms with E-state index in [0.29, 0.717) is 6.61 Å². The van der Waals surface area contributed by atoms with Crippen LogP contribution in [-0.2, 0) is 17.6 Å². The normalized spacial score (nSPS) is 14.3. The van der Waals surface area contributed by atoms with Crippen LogP contribution in [0.2, 0.25) is 0 Å². The van der Waals surface area contributed by atoms with Gasteiger partial charge in [-0.3, -0.25) is 0 Å². The molecule has 0 saturated carbocycles. The molecule has 0 bridgehead atoms. The summed E-state index contributed by atoms with van der Waals surface area (Å²) in [4.78, 5) is 0. The van der Waals surface area contributed by atoms with Crippen molar-refractivity contribution in [2.45, 2.75) is 45.1 Å². The van der Waals surface area contributed by atoms with Gasteiger partial charge in [-0.15, -0.1) is 0 Å². The smallest absolute Gasteiger partial charge is 0.119 e. The summed E-state index contributed by atoms with van der Waals surface area (Å²) in [5.41, 5.74) is 2.23. The van der Waals surface area contributed by atoms with E-state index in [4.69, 9.17) is 4.74 Å². The second-order valence-electron chi connectivity index (χ2n) is 6.56. The number of hydrogen-bond acceptors (Lipinski definition) is 2. The zero-order chi connectivity index (χ0) is 16.9. The summed E-state index contributed by atoms with van der Waals surface area (Å²) in [6.45, 7) is 8.46. The highest BCUT2D eigenvalue weighted by Gasteiger charge is 2.21. The van der Waals surface area contributed by atoms with Crippen molar-refractivity contribution in [3.63, 3.8) is 0 Å². The van der Waals surface area contributed by atoms with Crippen molar-refractivity contribution in [2.75, 3.05) is 0 Å². The first kappa shape index (κ1) is 17.7. The van der Waals surface area contributed by atoms with Crippen molar-refractivity contribution < 1.29 is 8.95 Å². The molecule has 0 aliphatic heterocycles. The molecule has 2 aromatic rings. The minimum atomic E-state index is -1.08. The van der Waals surface area contributed by atoms with Gasteiger partial charge in [-0.1, -0.05) is 42.5 Å². The van der Waals surface area contributed by atoms with E-state index in [9.17, 15) is 4.21 Å². The quantitative estimate of drug-likeness (QED) is 0.853. The largest absolute Gasteiger partial charge is 0.489 e. The van der Waals surface area contributed by atoms with E-state index in [1.807, 2.05) is 58.0 Å². The average Bonchev–Trinajstić information content (AvgIpc) is 2.53. The van der Waals surface area contributed by atoms with Crippen LogP contribution in [-0.4, -0.2) is 8.96 Å². The van der Waals surface area contributed by atoms with Gasteiger partial charge in [0.05, 0.1) is 15.7 Å². The van der Waals surface area contributed by atoms with Crippen LogP contribution in [0.4, 0.5) is 0 Å². The Hall–Kier alpha value is -1.65. The topological polar surface area (TPSA) is 38.3 Å². The maximum Gasteiger partial charge on any atom is 0.119 e. The highest BCUT2D eigenvalue weighted by atomic mass is 32.2. The summed E-state index contributed by atoms with van der Waals surface area (Å²) in [7, 11) is -1.08. The number of nitrogens with one attached hydrogen (secondary N) is 1. The molecule has 0 aromatic heterocycles. The fourth-order valence-electron chi connectivity index (χ4n) is 1.99. The van der Waals surface area contributed by atoms with Crippen LogP contribution in [0.25, 0.3) is 0 Å². The Balaban J connectivity index is 1.92. The summed E-state index contributed by atoms with van der Waals surface area (Å²) in [6.07, 6.45) is 0. The van der Waals surface area contributed by atoms with E-state index in [1.165, 1.54) is 0 Å². The van der Waals surface area contributed by atoms with E-state index in [2.05, 4.69) is 29.0 Å². The predicted octanol–water partition coefficient (Wildman–Crippen LogP) is 4.38. The molecule has 23 heavy (non-hydrogen) atoms. The molecule has 1 N–H and O–H groups in total. The van der Waals surface area contributed by atoms with Gasteiger partial charge >= 0.3 is 0 Å². The Morgan fingerprint density at radius 3 is 2.22 bits per heavy atom. The summed E-state index contributed by atoms with van der Waals surface area (Å²) < 4.78 is 20.8. The monoisotopic (exact) mass is 331 g/mol. The molecule has 3 nitrogen and oxygen atoms in total. The van der Waals surface area contributed by atoms with Crippen LogP contribution in [0, 0.1) is 0 Å². The Labute approximate surface area is 141 Å². The molecular weight excluding hydrogens is 306 g/mol. The Morgan fingerprint density at radius 2 is 1.65 bits per heavy atom. The van der Waals surface area contributed by atoms with Crippen molar-refractivity contribution in [1.29, 1.82) is 0 Å². The zero-order valence-electron chi connectivity index (χ0n) is 14.2. The van der Waals surface area contributed by atoms with Gasteiger partial charge in [-0.2, -0.15) is 0 Å². The number of rotatable bonds is 6. The molecule has 0 aliphatic carbocycles. The van der Waals surface area contributed by atoms with E-state index < -0.39 is 11.0 Å². The van der Waals surface area contributed by atoms with Gasteiger partial charge in [-0.05, 0) is 51.0 Å². The van der Waals surface area contributed by atoms with Gasteiger partial charge in [0.1, 0.15) is 12.4 Å². The summed E-state index contributed by atoms with van der Waals surface area (Å²) in [5.74, 6) is 0.868. The van der Waals surface area contributed by atoms with Crippen molar-refractivity contribution in [3.05, 3.63) is 65.7 Å². The van der Waals surface area contributed by atoms with Gasteiger partial charge in [0.15, 0.2) is 0 Å². The second-order valence-corrected chi connectivity index (χ2v) is 8.56. The molecule has 0 unspecified atom stereocenters. The van der Waals surface area contributed by atoms with E-state index >= 15 is 0 Å². The highest BCUT2D eigenvalue weighted by Crippen LogP contribution is 2.18. The molecule has 0 saturated heterocycles. The Kier molecular flexibility index (Phi) is 5.97. The number of benzene rings is 2. The first-order chi connectivity index (χ1) is 10.9. The van der Waals surface area contributed by atoms with Crippen LogP contribution < -0.4 is 9.46 Å². The molecule has 0 heterocycles. The van der Waals surface area contributed by atoms with Gasteiger partial charge in [0, 0.05) is 6.04 Å². The van der Waals surface area contributed by atoms with Crippen LogP contribution in [0.5, 0.6) is 5.75 Å². The predicted molar refractivity (Wildman–Crippen MR) is 96.7 cm³/mol. The maximum absolute atomic E-state index is 12.2. The Morgan fingerprint density at radius 1 is 1.04 bits per heavy atom. The summed E-state index contributed by atoms with van der Waals surface area (Å²) in [5, 5.41) is 0. The lowest BCUT2D eigenvalue weighted by atomic mass is 10.1. The third-order valence-corrected chi connectivity index (χ3v) is 5.15. The van der Waals surface area contributed by atoms with Crippen molar-refractivity contribution in [1.82, 2.24) is 4.72 Å². The first-order valence-corrected chi connectivity index (χ1v) is 8.96. The van der Waals surface area contributed by atoms with Gasteiger partial charge in [0.25, 0.3) is 0 Å². The second kappa shape index (κ2) is 7.75. The molecule has 0 amide bonds. The zero-order valence-corrected chi connectivity index (χ0v) is 15.0. The molecule has 4 heteroatoms. The highest BCUT2D eigenvalue weighted by molar-refractivity contribution is 7.84.